The van der Waals surface area contributed by atoms with Crippen LogP contribution in [0.2, 0.25) is 0 Å². The number of anilines is 2. The lowest BCUT2D eigenvalue weighted by Gasteiger charge is -2.06. The highest BCUT2D eigenvalue weighted by Crippen LogP contribution is 2.26. The van der Waals surface area contributed by atoms with Crippen LogP contribution in [0.1, 0.15) is 22.1 Å². The normalized spacial score (nSPS) is 10.9. The maximum atomic E-state index is 14.6. The summed E-state index contributed by atoms with van der Waals surface area (Å²) < 4.78 is 31.2. The molecule has 3 heterocycles. The van der Waals surface area contributed by atoms with Crippen molar-refractivity contribution < 1.29 is 27.9 Å². The Morgan fingerprint density at radius 3 is 2.68 bits per heavy atom. The first kappa shape index (κ1) is 22.9. The number of oxazole rings is 1. The number of ether oxygens (including phenoxy) is 2. The minimum absolute atomic E-state index is 0.0843. The molecule has 0 saturated carbocycles. The van der Waals surface area contributed by atoms with Crippen molar-refractivity contribution in [3.63, 3.8) is 0 Å². The predicted molar refractivity (Wildman–Crippen MR) is 119 cm³/mol. The molecular formula is C22H21FN6O5. The fourth-order valence-corrected chi connectivity index (χ4v) is 3.18. The van der Waals surface area contributed by atoms with E-state index in [2.05, 4.69) is 25.6 Å². The van der Waals surface area contributed by atoms with Crippen LogP contribution < -0.4 is 10.6 Å². The average molecular weight is 468 g/mol. The van der Waals surface area contributed by atoms with Crippen molar-refractivity contribution in [1.82, 2.24) is 19.4 Å². The Bertz CT molecular complexity index is 1370. The summed E-state index contributed by atoms with van der Waals surface area (Å²) in [5, 5.41) is 5.22. The maximum absolute atomic E-state index is 14.6. The van der Waals surface area contributed by atoms with Crippen molar-refractivity contribution in [2.45, 2.75) is 13.8 Å². The van der Waals surface area contributed by atoms with E-state index in [0.29, 0.717) is 23.0 Å². The third-order valence-electron chi connectivity index (χ3n) is 4.69. The number of nitrogens with zero attached hydrogens (tertiary/aromatic N) is 4. The van der Waals surface area contributed by atoms with E-state index in [1.165, 1.54) is 35.9 Å². The summed E-state index contributed by atoms with van der Waals surface area (Å²) in [6, 6.07) is 4.12. The van der Waals surface area contributed by atoms with Gasteiger partial charge < -0.3 is 19.2 Å². The lowest BCUT2D eigenvalue weighted by atomic mass is 10.1. The molecule has 0 radical (unpaired) electrons. The topological polar surface area (TPSA) is 133 Å². The van der Waals surface area contributed by atoms with Gasteiger partial charge in [0.05, 0.1) is 29.9 Å². The number of carbonyl (C=O) groups is 2. The highest BCUT2D eigenvalue weighted by molar-refractivity contribution is 6.03. The summed E-state index contributed by atoms with van der Waals surface area (Å²) >= 11 is 0. The number of nitrogens with one attached hydrogen (secondary N) is 2. The molecule has 4 rings (SSSR count). The molecule has 34 heavy (non-hydrogen) atoms. The largest absolute Gasteiger partial charge is 0.447 e. The first-order chi connectivity index (χ1) is 16.3. The zero-order valence-corrected chi connectivity index (χ0v) is 18.6. The van der Waals surface area contributed by atoms with Crippen molar-refractivity contribution >= 4 is 29.2 Å². The van der Waals surface area contributed by atoms with Gasteiger partial charge in [0.2, 0.25) is 11.5 Å². The van der Waals surface area contributed by atoms with Gasteiger partial charge in [-0.25, -0.2) is 24.1 Å². The van der Waals surface area contributed by atoms with Crippen LogP contribution in [0.5, 0.6) is 0 Å². The molecule has 0 fully saturated rings. The number of methoxy groups -OCH3 is 1. The van der Waals surface area contributed by atoms with Crippen LogP contribution in [-0.2, 0) is 9.47 Å². The third-order valence-corrected chi connectivity index (χ3v) is 4.69. The predicted octanol–water partition coefficient (Wildman–Crippen LogP) is 3.59. The smallest absolute Gasteiger partial charge is 0.411 e. The number of halogens is 1. The van der Waals surface area contributed by atoms with Gasteiger partial charge in [0, 0.05) is 37.7 Å². The van der Waals surface area contributed by atoms with Crippen LogP contribution in [0.4, 0.5) is 20.6 Å². The number of rotatable bonds is 7. The maximum Gasteiger partial charge on any atom is 0.411 e. The van der Waals surface area contributed by atoms with Crippen molar-refractivity contribution in [2.24, 2.45) is 0 Å². The standard InChI is InChI=1S/C22H21FN6O5/c1-12-19(34-13(2)25-12)20(30)26-14-4-5-17(23)16(8-14)18-11-29-10-15(9-24-21(29)28-18)27-22(31)33-7-6-32-3/h4-5,8-11H,6-7H2,1-3H3,(H,26,30)(H,27,31). The van der Waals surface area contributed by atoms with Crippen LogP contribution in [0, 0.1) is 19.7 Å². The summed E-state index contributed by atoms with van der Waals surface area (Å²) in [5.41, 5.74) is 1.60. The number of imidazole rings is 1. The summed E-state index contributed by atoms with van der Waals surface area (Å²) in [7, 11) is 1.50. The Kier molecular flexibility index (Phi) is 6.50. The molecule has 0 atom stereocenters. The van der Waals surface area contributed by atoms with Gasteiger partial charge in [-0.05, 0) is 25.1 Å². The summed E-state index contributed by atoms with van der Waals surface area (Å²) in [6.45, 7) is 3.68. The van der Waals surface area contributed by atoms with Gasteiger partial charge in [-0.3, -0.25) is 14.5 Å². The van der Waals surface area contributed by atoms with E-state index in [4.69, 9.17) is 13.9 Å². The highest BCUT2D eigenvalue weighted by Gasteiger charge is 2.18. The number of benzene rings is 1. The second-order valence-corrected chi connectivity index (χ2v) is 7.23. The average Bonchev–Trinajstić information content (AvgIpc) is 3.37. The molecule has 0 aliphatic rings. The van der Waals surface area contributed by atoms with Crippen LogP contribution in [0.15, 0.2) is 41.2 Å². The zero-order valence-electron chi connectivity index (χ0n) is 18.6. The first-order valence-corrected chi connectivity index (χ1v) is 10.2. The molecule has 176 valence electrons. The van der Waals surface area contributed by atoms with E-state index in [9.17, 15) is 14.0 Å². The van der Waals surface area contributed by atoms with E-state index in [0.717, 1.165) is 0 Å². The summed E-state index contributed by atoms with van der Waals surface area (Å²) in [5.74, 6) is -0.290. The third kappa shape index (κ3) is 5.02. The second kappa shape index (κ2) is 9.67. The van der Waals surface area contributed by atoms with Crippen LogP contribution in [0.25, 0.3) is 17.0 Å². The van der Waals surface area contributed by atoms with Crippen LogP contribution in [-0.4, -0.2) is 51.7 Å². The number of hydrogen-bond acceptors (Lipinski definition) is 8. The van der Waals surface area contributed by atoms with Crippen molar-refractivity contribution in [3.8, 4) is 11.3 Å². The van der Waals surface area contributed by atoms with E-state index in [-0.39, 0.29) is 36.0 Å². The Labute approximate surface area is 192 Å². The number of aryl methyl sites for hydroxylation is 2. The quantitative estimate of drug-likeness (QED) is 0.393. The summed E-state index contributed by atoms with van der Waals surface area (Å²) in [6.07, 6.45) is 3.86. The van der Waals surface area contributed by atoms with Crippen molar-refractivity contribution in [3.05, 3.63) is 60.0 Å². The molecule has 3 aromatic heterocycles. The van der Waals surface area contributed by atoms with E-state index in [1.54, 1.807) is 26.2 Å². The summed E-state index contributed by atoms with van der Waals surface area (Å²) in [4.78, 5) is 36.9. The molecule has 0 bridgehead atoms. The molecular weight excluding hydrogens is 447 g/mol. The fraction of sp³-hybridized carbons (Fsp3) is 0.227. The number of aromatic nitrogens is 4. The fourth-order valence-electron chi connectivity index (χ4n) is 3.18. The van der Waals surface area contributed by atoms with E-state index < -0.39 is 17.8 Å². The zero-order chi connectivity index (χ0) is 24.2. The first-order valence-electron chi connectivity index (χ1n) is 10.2. The van der Waals surface area contributed by atoms with Gasteiger partial charge in [0.25, 0.3) is 5.91 Å². The van der Waals surface area contributed by atoms with Gasteiger partial charge in [-0.15, -0.1) is 0 Å². The Morgan fingerprint density at radius 2 is 1.94 bits per heavy atom. The monoisotopic (exact) mass is 468 g/mol. The highest BCUT2D eigenvalue weighted by atomic mass is 19.1. The number of fused-ring (bicyclic) bond motifs is 1. The molecule has 0 spiro atoms. The molecule has 4 aromatic rings. The molecule has 0 aliphatic carbocycles. The lowest BCUT2D eigenvalue weighted by molar-refractivity contribution is 0.0994. The molecule has 11 nitrogen and oxygen atoms in total. The molecule has 1 aromatic carbocycles. The molecule has 0 aliphatic heterocycles. The molecule has 0 unspecified atom stereocenters. The minimum Gasteiger partial charge on any atom is -0.447 e. The number of carbonyl (C=O) groups excluding carboxylic acids is 2. The second-order valence-electron chi connectivity index (χ2n) is 7.23. The number of amides is 2. The van der Waals surface area contributed by atoms with Gasteiger partial charge in [-0.1, -0.05) is 0 Å². The Hall–Kier alpha value is -4.32. The Morgan fingerprint density at radius 1 is 1.12 bits per heavy atom. The van der Waals surface area contributed by atoms with Gasteiger partial charge in [0.1, 0.15) is 12.4 Å². The molecule has 12 heteroatoms. The van der Waals surface area contributed by atoms with Gasteiger partial charge >= 0.3 is 6.09 Å². The number of hydrogen-bond donors (Lipinski definition) is 2. The lowest BCUT2D eigenvalue weighted by Crippen LogP contribution is -2.16. The van der Waals surface area contributed by atoms with Gasteiger partial charge in [0.15, 0.2) is 5.89 Å². The molecule has 0 saturated heterocycles. The van der Waals surface area contributed by atoms with Gasteiger partial charge in [-0.2, -0.15) is 0 Å². The van der Waals surface area contributed by atoms with Crippen LogP contribution >= 0.6 is 0 Å². The SMILES string of the molecule is COCCOC(=O)Nc1cnc2nc(-c3cc(NC(=O)c4oc(C)nc4C)ccc3F)cn2c1. The minimum atomic E-state index is -0.662. The van der Waals surface area contributed by atoms with E-state index in [1.807, 2.05) is 0 Å². The Balaban J connectivity index is 1.54. The molecule has 2 amide bonds. The van der Waals surface area contributed by atoms with E-state index >= 15 is 0 Å². The van der Waals surface area contributed by atoms with Crippen molar-refractivity contribution in [2.75, 3.05) is 31.0 Å². The van der Waals surface area contributed by atoms with Crippen LogP contribution in [0.3, 0.4) is 0 Å². The van der Waals surface area contributed by atoms with Crippen molar-refractivity contribution in [1.29, 1.82) is 0 Å². The molecule has 2 N–H and O–H groups in total.